The highest BCUT2D eigenvalue weighted by atomic mass is 16.1. The number of ketones is 1. The normalized spacial score (nSPS) is 12.6. The first-order valence-electron chi connectivity index (χ1n) is 4.81. The molecule has 0 aliphatic heterocycles. The van der Waals surface area contributed by atoms with Crippen molar-refractivity contribution < 1.29 is 4.79 Å². The highest BCUT2D eigenvalue weighted by Gasteiger charge is 2.11. The van der Waals surface area contributed by atoms with Gasteiger partial charge in [0.25, 0.3) is 0 Å². The van der Waals surface area contributed by atoms with Gasteiger partial charge in [-0.05, 0) is 12.8 Å². The molecular formula is C11H20O. The van der Waals surface area contributed by atoms with Gasteiger partial charge in [-0.2, -0.15) is 0 Å². The van der Waals surface area contributed by atoms with Crippen molar-refractivity contribution in [1.82, 2.24) is 0 Å². The molecule has 0 aromatic heterocycles. The van der Waals surface area contributed by atoms with Gasteiger partial charge < -0.3 is 0 Å². The van der Waals surface area contributed by atoms with Gasteiger partial charge in [-0.25, -0.2) is 0 Å². The summed E-state index contributed by atoms with van der Waals surface area (Å²) in [7, 11) is 0. The summed E-state index contributed by atoms with van der Waals surface area (Å²) >= 11 is 0. The van der Waals surface area contributed by atoms with Gasteiger partial charge >= 0.3 is 0 Å². The maximum atomic E-state index is 11.4. The van der Waals surface area contributed by atoms with E-state index >= 15 is 0 Å². The fraction of sp³-hybridized carbons (Fsp3) is 0.727. The summed E-state index contributed by atoms with van der Waals surface area (Å²) in [6.07, 6.45) is 3.60. The van der Waals surface area contributed by atoms with E-state index in [2.05, 4.69) is 13.5 Å². The van der Waals surface area contributed by atoms with Crippen LogP contribution in [0.25, 0.3) is 0 Å². The summed E-state index contributed by atoms with van der Waals surface area (Å²) in [4.78, 5) is 11.4. The molecule has 0 radical (unpaired) electrons. The molecule has 0 saturated carbocycles. The number of rotatable bonds is 6. The van der Waals surface area contributed by atoms with Crippen molar-refractivity contribution in [2.75, 3.05) is 0 Å². The summed E-state index contributed by atoms with van der Waals surface area (Å²) in [5.41, 5.74) is 1.06. The molecule has 0 amide bonds. The van der Waals surface area contributed by atoms with Crippen LogP contribution in [0, 0.1) is 5.92 Å². The quantitative estimate of drug-likeness (QED) is 0.556. The lowest BCUT2D eigenvalue weighted by Crippen LogP contribution is -2.10. The van der Waals surface area contributed by atoms with E-state index in [-0.39, 0.29) is 5.92 Å². The van der Waals surface area contributed by atoms with Crippen LogP contribution < -0.4 is 0 Å². The maximum absolute atomic E-state index is 11.4. The van der Waals surface area contributed by atoms with E-state index in [1.165, 1.54) is 0 Å². The van der Waals surface area contributed by atoms with E-state index in [9.17, 15) is 4.79 Å². The van der Waals surface area contributed by atoms with Crippen LogP contribution in [0.1, 0.15) is 46.5 Å². The molecular weight excluding hydrogens is 148 g/mol. The molecule has 1 heteroatoms. The van der Waals surface area contributed by atoms with Gasteiger partial charge in [-0.3, -0.25) is 4.79 Å². The summed E-state index contributed by atoms with van der Waals surface area (Å²) in [5, 5.41) is 0. The lowest BCUT2D eigenvalue weighted by atomic mass is 9.95. The van der Waals surface area contributed by atoms with Crippen molar-refractivity contribution in [3.05, 3.63) is 12.2 Å². The van der Waals surface area contributed by atoms with Crippen LogP contribution in [0.15, 0.2) is 12.2 Å². The lowest BCUT2D eigenvalue weighted by Gasteiger charge is -2.08. The second-order valence-electron chi connectivity index (χ2n) is 3.44. The molecule has 0 fully saturated rings. The van der Waals surface area contributed by atoms with Crippen molar-refractivity contribution in [3.63, 3.8) is 0 Å². The van der Waals surface area contributed by atoms with Gasteiger partial charge in [0.1, 0.15) is 5.78 Å². The molecule has 1 atom stereocenters. The Labute approximate surface area is 75.9 Å². The first-order chi connectivity index (χ1) is 5.61. The third-order valence-electron chi connectivity index (χ3n) is 2.20. The highest BCUT2D eigenvalue weighted by Crippen LogP contribution is 2.13. The molecule has 0 N–H and O–H groups in total. The molecule has 0 bridgehead atoms. The van der Waals surface area contributed by atoms with E-state index in [4.69, 9.17) is 0 Å². The average molecular weight is 168 g/mol. The standard InChI is InChI=1S/C11H20O/c1-5-7-10(4)11(12)8-9(3)6-2/h10H,3,5-8H2,1-2,4H3. The number of allylic oxidation sites excluding steroid dienone is 1. The van der Waals surface area contributed by atoms with Crippen LogP contribution in [0.5, 0.6) is 0 Å². The molecule has 0 spiro atoms. The van der Waals surface area contributed by atoms with E-state index in [1.54, 1.807) is 0 Å². The zero-order chi connectivity index (χ0) is 9.56. The topological polar surface area (TPSA) is 17.1 Å². The van der Waals surface area contributed by atoms with Crippen LogP contribution in [-0.2, 0) is 4.79 Å². The van der Waals surface area contributed by atoms with Crippen LogP contribution in [0.2, 0.25) is 0 Å². The van der Waals surface area contributed by atoms with Gasteiger partial charge in [0.05, 0.1) is 0 Å². The number of carbonyl (C=O) groups excluding carboxylic acids is 1. The number of Topliss-reactive ketones (excluding diaryl/α,β-unsaturated/α-hetero) is 1. The Bertz CT molecular complexity index is 158. The Hall–Kier alpha value is -0.590. The minimum atomic E-state index is 0.221. The van der Waals surface area contributed by atoms with Crippen molar-refractivity contribution in [2.45, 2.75) is 46.5 Å². The van der Waals surface area contributed by atoms with Crippen molar-refractivity contribution in [2.24, 2.45) is 5.92 Å². The third-order valence-corrected chi connectivity index (χ3v) is 2.20. The van der Waals surface area contributed by atoms with Gasteiger partial charge in [0.15, 0.2) is 0 Å². The van der Waals surface area contributed by atoms with E-state index in [0.717, 1.165) is 24.8 Å². The van der Waals surface area contributed by atoms with Crippen LogP contribution >= 0.6 is 0 Å². The van der Waals surface area contributed by atoms with Gasteiger partial charge in [0, 0.05) is 12.3 Å². The van der Waals surface area contributed by atoms with Gasteiger partial charge in [0.2, 0.25) is 0 Å². The largest absolute Gasteiger partial charge is 0.299 e. The van der Waals surface area contributed by atoms with Crippen molar-refractivity contribution in [1.29, 1.82) is 0 Å². The average Bonchev–Trinajstić information content (AvgIpc) is 2.04. The molecule has 0 rings (SSSR count). The monoisotopic (exact) mass is 168 g/mol. The Morgan fingerprint density at radius 2 is 2.00 bits per heavy atom. The number of hydrogen-bond acceptors (Lipinski definition) is 1. The van der Waals surface area contributed by atoms with E-state index < -0.39 is 0 Å². The minimum Gasteiger partial charge on any atom is -0.299 e. The Morgan fingerprint density at radius 1 is 1.42 bits per heavy atom. The fourth-order valence-electron chi connectivity index (χ4n) is 1.14. The molecule has 0 aliphatic carbocycles. The molecule has 0 aliphatic rings. The van der Waals surface area contributed by atoms with Crippen LogP contribution in [0.3, 0.4) is 0 Å². The van der Waals surface area contributed by atoms with E-state index in [0.29, 0.717) is 12.2 Å². The number of hydrogen-bond donors (Lipinski definition) is 0. The van der Waals surface area contributed by atoms with Gasteiger partial charge in [-0.15, -0.1) is 0 Å². The molecule has 1 nitrogen and oxygen atoms in total. The predicted octanol–water partition coefficient (Wildman–Crippen LogP) is 3.35. The summed E-state index contributed by atoms with van der Waals surface area (Å²) < 4.78 is 0. The van der Waals surface area contributed by atoms with Crippen molar-refractivity contribution in [3.8, 4) is 0 Å². The van der Waals surface area contributed by atoms with Crippen LogP contribution in [-0.4, -0.2) is 5.78 Å². The second-order valence-corrected chi connectivity index (χ2v) is 3.44. The second kappa shape index (κ2) is 5.99. The Kier molecular flexibility index (Phi) is 5.69. The lowest BCUT2D eigenvalue weighted by molar-refractivity contribution is -0.121. The zero-order valence-corrected chi connectivity index (χ0v) is 8.52. The number of carbonyl (C=O) groups is 1. The summed E-state index contributed by atoms with van der Waals surface area (Å²) in [6, 6.07) is 0. The third kappa shape index (κ3) is 4.32. The molecule has 70 valence electrons. The molecule has 12 heavy (non-hydrogen) atoms. The molecule has 0 saturated heterocycles. The van der Waals surface area contributed by atoms with Gasteiger partial charge in [-0.1, -0.05) is 39.3 Å². The first kappa shape index (κ1) is 11.4. The maximum Gasteiger partial charge on any atom is 0.139 e. The zero-order valence-electron chi connectivity index (χ0n) is 8.52. The summed E-state index contributed by atoms with van der Waals surface area (Å²) in [6.45, 7) is 9.99. The highest BCUT2D eigenvalue weighted by molar-refractivity contribution is 5.82. The molecule has 1 unspecified atom stereocenters. The SMILES string of the molecule is C=C(CC)CC(=O)C(C)CCC. The fourth-order valence-corrected chi connectivity index (χ4v) is 1.14. The molecule has 0 aromatic carbocycles. The Morgan fingerprint density at radius 3 is 2.42 bits per heavy atom. The smallest absolute Gasteiger partial charge is 0.139 e. The van der Waals surface area contributed by atoms with E-state index in [1.807, 2.05) is 13.8 Å². The molecule has 0 heterocycles. The molecule has 0 aromatic rings. The minimum absolute atomic E-state index is 0.221. The predicted molar refractivity (Wildman–Crippen MR) is 53.1 cm³/mol. The Balaban J connectivity index is 3.78. The van der Waals surface area contributed by atoms with Crippen LogP contribution in [0.4, 0.5) is 0 Å². The first-order valence-corrected chi connectivity index (χ1v) is 4.81. The van der Waals surface area contributed by atoms with Crippen molar-refractivity contribution >= 4 is 5.78 Å². The summed E-state index contributed by atoms with van der Waals surface area (Å²) in [5.74, 6) is 0.571.